The maximum absolute atomic E-state index is 12.3. The molecule has 0 fully saturated rings. The summed E-state index contributed by atoms with van der Waals surface area (Å²) < 4.78 is 37.0. The molecule has 0 spiro atoms. The second kappa shape index (κ2) is 3.83. The van der Waals surface area contributed by atoms with Gasteiger partial charge in [-0.15, -0.1) is 0 Å². The number of aliphatic hydroxyl groups is 1. The van der Waals surface area contributed by atoms with E-state index in [0.717, 1.165) is 5.39 Å². The van der Waals surface area contributed by atoms with Crippen molar-refractivity contribution >= 4 is 17.7 Å². The summed E-state index contributed by atoms with van der Waals surface area (Å²) in [6.45, 7) is -5.26. The van der Waals surface area contributed by atoms with E-state index in [0.29, 0.717) is 5.39 Å². The lowest BCUT2D eigenvalue weighted by Gasteiger charge is -2.22. The molecular formula is C11H9BF3O-. The van der Waals surface area contributed by atoms with Crippen molar-refractivity contribution < 1.29 is 18.1 Å². The van der Waals surface area contributed by atoms with Crippen LogP contribution < -0.4 is 0 Å². The van der Waals surface area contributed by atoms with E-state index < -0.39 is 13.0 Å². The summed E-state index contributed by atoms with van der Waals surface area (Å²) in [6.07, 6.45) is 0. The normalized spacial score (nSPS) is 14.0. The third kappa shape index (κ3) is 2.04. The van der Waals surface area contributed by atoms with Gasteiger partial charge in [0, 0.05) is 0 Å². The molecule has 0 radical (unpaired) electrons. The fourth-order valence-corrected chi connectivity index (χ4v) is 1.61. The van der Waals surface area contributed by atoms with Gasteiger partial charge >= 0.3 is 6.98 Å². The second-order valence-corrected chi connectivity index (χ2v) is 3.68. The standard InChI is InChI=1S/C11H9BF3O/c13-12(14,15)11(16)10-6-5-8-3-1-2-4-9(8)7-10/h1-7,11,16H/q-1. The Morgan fingerprint density at radius 2 is 1.56 bits per heavy atom. The first-order valence-electron chi connectivity index (χ1n) is 4.85. The van der Waals surface area contributed by atoms with Crippen LogP contribution >= 0.6 is 0 Å². The molecule has 1 nitrogen and oxygen atoms in total. The van der Waals surface area contributed by atoms with Crippen molar-refractivity contribution in [1.82, 2.24) is 0 Å². The molecule has 0 aliphatic rings. The monoisotopic (exact) mass is 225 g/mol. The van der Waals surface area contributed by atoms with Crippen molar-refractivity contribution in [3.8, 4) is 0 Å². The molecule has 2 aromatic carbocycles. The summed E-state index contributed by atoms with van der Waals surface area (Å²) in [5, 5.41) is 10.7. The Morgan fingerprint density at radius 1 is 0.938 bits per heavy atom. The van der Waals surface area contributed by atoms with Crippen molar-refractivity contribution in [1.29, 1.82) is 0 Å². The molecule has 84 valence electrons. The quantitative estimate of drug-likeness (QED) is 0.777. The highest BCUT2D eigenvalue weighted by atomic mass is 19.4. The van der Waals surface area contributed by atoms with Crippen LogP contribution in [0.5, 0.6) is 0 Å². The van der Waals surface area contributed by atoms with Gasteiger partial charge in [0.1, 0.15) is 0 Å². The molecule has 0 bridgehead atoms. The van der Waals surface area contributed by atoms with Gasteiger partial charge in [-0.25, -0.2) is 0 Å². The fraction of sp³-hybridized carbons (Fsp3) is 0.0909. The lowest BCUT2D eigenvalue weighted by molar-refractivity contribution is 0.197. The Kier molecular flexibility index (Phi) is 2.64. The highest BCUT2D eigenvalue weighted by Gasteiger charge is 2.34. The van der Waals surface area contributed by atoms with Crippen molar-refractivity contribution in [2.24, 2.45) is 0 Å². The largest absolute Gasteiger partial charge is 0.510 e. The number of hydrogen-bond donors (Lipinski definition) is 1. The minimum absolute atomic E-state index is 0.105. The zero-order valence-corrected chi connectivity index (χ0v) is 8.28. The van der Waals surface area contributed by atoms with Gasteiger partial charge in [-0.1, -0.05) is 42.5 Å². The maximum Gasteiger partial charge on any atom is 0.510 e. The molecule has 0 aromatic heterocycles. The van der Waals surface area contributed by atoms with E-state index in [1.165, 1.54) is 12.1 Å². The van der Waals surface area contributed by atoms with Crippen molar-refractivity contribution in [3.63, 3.8) is 0 Å². The van der Waals surface area contributed by atoms with Crippen LogP contribution in [0.2, 0.25) is 0 Å². The lowest BCUT2D eigenvalue weighted by Crippen LogP contribution is -2.26. The van der Waals surface area contributed by atoms with Gasteiger partial charge in [-0.05, 0) is 16.3 Å². The summed E-state index contributed by atoms with van der Waals surface area (Å²) in [7, 11) is 0. The number of rotatable bonds is 2. The molecule has 2 rings (SSSR count). The molecule has 0 heterocycles. The van der Waals surface area contributed by atoms with Crippen molar-refractivity contribution in [2.75, 3.05) is 0 Å². The second-order valence-electron chi connectivity index (χ2n) is 3.68. The fourth-order valence-electron chi connectivity index (χ4n) is 1.61. The predicted octanol–water partition coefficient (Wildman–Crippen LogP) is 3.26. The molecular weight excluding hydrogens is 216 g/mol. The first-order valence-corrected chi connectivity index (χ1v) is 4.85. The van der Waals surface area contributed by atoms with E-state index in [1.54, 1.807) is 18.2 Å². The van der Waals surface area contributed by atoms with Gasteiger partial charge in [0.2, 0.25) is 0 Å². The van der Waals surface area contributed by atoms with Crippen LogP contribution in [-0.2, 0) is 0 Å². The Bertz CT molecular complexity index is 510. The third-order valence-electron chi connectivity index (χ3n) is 2.47. The molecule has 16 heavy (non-hydrogen) atoms. The predicted molar refractivity (Wildman–Crippen MR) is 58.0 cm³/mol. The maximum atomic E-state index is 12.3. The highest BCUT2D eigenvalue weighted by Crippen LogP contribution is 2.29. The van der Waals surface area contributed by atoms with Crippen LogP contribution in [0.3, 0.4) is 0 Å². The molecule has 0 aliphatic heterocycles. The van der Waals surface area contributed by atoms with Gasteiger partial charge in [-0.3, -0.25) is 0 Å². The van der Waals surface area contributed by atoms with Crippen molar-refractivity contribution in [2.45, 2.75) is 6.00 Å². The number of hydrogen-bond acceptors (Lipinski definition) is 1. The van der Waals surface area contributed by atoms with Crippen LogP contribution in [0.1, 0.15) is 11.6 Å². The molecule has 0 saturated carbocycles. The summed E-state index contributed by atoms with van der Waals surface area (Å²) >= 11 is 0. The lowest BCUT2D eigenvalue weighted by atomic mass is 9.77. The molecule has 0 aliphatic carbocycles. The zero-order valence-electron chi connectivity index (χ0n) is 8.28. The Balaban J connectivity index is 2.47. The molecule has 1 N–H and O–H groups in total. The van der Waals surface area contributed by atoms with Gasteiger partial charge in [0.25, 0.3) is 0 Å². The number of halogens is 3. The van der Waals surface area contributed by atoms with Crippen LogP contribution in [-0.4, -0.2) is 12.1 Å². The van der Waals surface area contributed by atoms with Gasteiger partial charge < -0.3 is 18.1 Å². The Labute approximate surface area is 90.6 Å². The van der Waals surface area contributed by atoms with Crippen LogP contribution in [0.25, 0.3) is 10.8 Å². The SMILES string of the molecule is OC(c1ccc2ccccc2c1)[B-](F)(F)F. The van der Waals surface area contributed by atoms with Crippen molar-refractivity contribution in [3.05, 3.63) is 48.0 Å². The number of benzene rings is 2. The molecule has 0 amide bonds. The van der Waals surface area contributed by atoms with Gasteiger partial charge in [0.15, 0.2) is 0 Å². The van der Waals surface area contributed by atoms with E-state index in [-0.39, 0.29) is 5.56 Å². The minimum Gasteiger partial charge on any atom is -0.447 e. The average molecular weight is 225 g/mol. The van der Waals surface area contributed by atoms with Gasteiger partial charge in [-0.2, -0.15) is 0 Å². The van der Waals surface area contributed by atoms with E-state index in [1.807, 2.05) is 12.1 Å². The minimum atomic E-state index is -5.26. The smallest absolute Gasteiger partial charge is 0.447 e. The zero-order chi connectivity index (χ0) is 11.8. The molecule has 1 unspecified atom stereocenters. The van der Waals surface area contributed by atoms with E-state index in [4.69, 9.17) is 5.11 Å². The number of aliphatic hydroxyl groups excluding tert-OH is 1. The Morgan fingerprint density at radius 3 is 2.19 bits per heavy atom. The van der Waals surface area contributed by atoms with E-state index in [9.17, 15) is 12.9 Å². The highest BCUT2D eigenvalue weighted by molar-refractivity contribution is 6.59. The van der Waals surface area contributed by atoms with Crippen LogP contribution in [0.15, 0.2) is 42.5 Å². The first kappa shape index (κ1) is 11.0. The topological polar surface area (TPSA) is 20.2 Å². The molecule has 5 heteroatoms. The molecule has 0 saturated heterocycles. The van der Waals surface area contributed by atoms with E-state index >= 15 is 0 Å². The molecule has 1 atom stereocenters. The Hall–Kier alpha value is -1.49. The first-order chi connectivity index (χ1) is 7.48. The van der Waals surface area contributed by atoms with Gasteiger partial charge in [0.05, 0.1) is 6.00 Å². The average Bonchev–Trinajstić information content (AvgIpc) is 2.26. The molecule has 2 aromatic rings. The summed E-state index contributed by atoms with van der Waals surface area (Å²) in [6, 6.07) is 8.99. The third-order valence-corrected chi connectivity index (χ3v) is 2.47. The number of fused-ring (bicyclic) bond motifs is 1. The van der Waals surface area contributed by atoms with E-state index in [2.05, 4.69) is 0 Å². The summed E-state index contributed by atoms with van der Waals surface area (Å²) in [4.78, 5) is 0. The van der Waals surface area contributed by atoms with Crippen LogP contribution in [0.4, 0.5) is 12.9 Å². The summed E-state index contributed by atoms with van der Waals surface area (Å²) in [5.41, 5.74) is -0.105. The van der Waals surface area contributed by atoms with Crippen LogP contribution in [0, 0.1) is 0 Å². The summed E-state index contributed by atoms with van der Waals surface area (Å²) in [5.74, 6) is 0.